The van der Waals surface area contributed by atoms with Crippen molar-refractivity contribution in [1.82, 2.24) is 9.97 Å². The molecule has 0 aliphatic rings. The topological polar surface area (TPSA) is 78.4 Å². The third-order valence-electron chi connectivity index (χ3n) is 2.99. The summed E-state index contributed by atoms with van der Waals surface area (Å²) < 4.78 is 10.4. The van der Waals surface area contributed by atoms with E-state index in [4.69, 9.17) is 9.47 Å². The summed E-state index contributed by atoms with van der Waals surface area (Å²) in [7, 11) is 0. The quantitative estimate of drug-likeness (QED) is 0.543. The number of hydrogen-bond acceptors (Lipinski definition) is 6. The fourth-order valence-corrected chi connectivity index (χ4v) is 1.92. The summed E-state index contributed by atoms with van der Waals surface area (Å²) in [6, 6.07) is 17.0. The molecule has 2 aromatic carbocycles. The predicted octanol–water partition coefficient (Wildman–Crippen LogP) is 2.92. The van der Waals surface area contributed by atoms with Crippen molar-refractivity contribution in [3.63, 3.8) is 0 Å². The Kier molecular flexibility index (Phi) is 4.57. The molecule has 1 heterocycles. The van der Waals surface area contributed by atoms with Crippen molar-refractivity contribution in [3.8, 4) is 11.5 Å². The highest BCUT2D eigenvalue weighted by molar-refractivity contribution is 6.01. The minimum atomic E-state index is -0.783. The second-order valence-electron chi connectivity index (χ2n) is 4.66. The van der Waals surface area contributed by atoms with Crippen molar-refractivity contribution in [1.29, 1.82) is 0 Å². The molecule has 0 fully saturated rings. The average molecular weight is 320 g/mol. The number of nitrogens with zero attached hydrogens (tertiary/aromatic N) is 2. The molecule has 0 N–H and O–H groups in total. The van der Waals surface area contributed by atoms with E-state index in [1.54, 1.807) is 60.7 Å². The number of carbonyl (C=O) groups excluding carboxylic acids is 2. The molecule has 0 aliphatic heterocycles. The molecule has 6 nitrogen and oxygen atoms in total. The van der Waals surface area contributed by atoms with Gasteiger partial charge in [-0.1, -0.05) is 36.4 Å². The van der Waals surface area contributed by atoms with Gasteiger partial charge in [0.25, 0.3) is 0 Å². The lowest BCUT2D eigenvalue weighted by molar-refractivity contribution is 0.0682. The van der Waals surface area contributed by atoms with E-state index in [2.05, 4.69) is 9.97 Å². The molecule has 0 aliphatic carbocycles. The molecule has 0 saturated carbocycles. The molecule has 0 atom stereocenters. The number of hydrogen-bond donors (Lipinski definition) is 0. The summed E-state index contributed by atoms with van der Waals surface area (Å²) in [4.78, 5) is 32.3. The van der Waals surface area contributed by atoms with E-state index in [9.17, 15) is 9.59 Å². The van der Waals surface area contributed by atoms with Gasteiger partial charge in [-0.3, -0.25) is 0 Å². The summed E-state index contributed by atoms with van der Waals surface area (Å²) in [5.41, 5.74) is -0.412. The van der Waals surface area contributed by atoms with Gasteiger partial charge in [-0.2, -0.15) is 0 Å². The van der Waals surface area contributed by atoms with Gasteiger partial charge in [0, 0.05) is 12.4 Å². The van der Waals surface area contributed by atoms with Gasteiger partial charge in [0.05, 0.1) is 0 Å². The molecule has 24 heavy (non-hydrogen) atoms. The van der Waals surface area contributed by atoms with Crippen LogP contribution in [0.2, 0.25) is 0 Å². The van der Waals surface area contributed by atoms with Crippen LogP contribution in [-0.2, 0) is 0 Å². The first-order valence-electron chi connectivity index (χ1n) is 7.09. The standard InChI is InChI=1S/C18H12N2O4/c21-17(23-13-7-3-1-4-8-13)15-16(20-12-11-19-15)18(22)24-14-9-5-2-6-10-14/h1-12H. The number of para-hydroxylation sites is 2. The monoisotopic (exact) mass is 320 g/mol. The maximum atomic E-state index is 12.3. The highest BCUT2D eigenvalue weighted by atomic mass is 16.5. The molecular weight excluding hydrogens is 308 g/mol. The Morgan fingerprint density at radius 3 is 1.38 bits per heavy atom. The van der Waals surface area contributed by atoms with Crippen LogP contribution >= 0.6 is 0 Å². The zero-order valence-electron chi connectivity index (χ0n) is 12.5. The fourth-order valence-electron chi connectivity index (χ4n) is 1.92. The van der Waals surface area contributed by atoms with E-state index < -0.39 is 11.9 Å². The fraction of sp³-hybridized carbons (Fsp3) is 0. The molecule has 0 amide bonds. The molecule has 118 valence electrons. The lowest BCUT2D eigenvalue weighted by Gasteiger charge is -2.07. The predicted molar refractivity (Wildman–Crippen MR) is 84.8 cm³/mol. The average Bonchev–Trinajstić information content (AvgIpc) is 2.63. The van der Waals surface area contributed by atoms with Crippen LogP contribution in [0.3, 0.4) is 0 Å². The van der Waals surface area contributed by atoms with Crippen molar-refractivity contribution in [3.05, 3.63) is 84.4 Å². The van der Waals surface area contributed by atoms with Crippen LogP contribution in [0, 0.1) is 0 Å². The Morgan fingerprint density at radius 2 is 1.00 bits per heavy atom. The maximum Gasteiger partial charge on any atom is 0.364 e. The molecule has 6 heteroatoms. The van der Waals surface area contributed by atoms with Crippen molar-refractivity contribution in [2.75, 3.05) is 0 Å². The Bertz CT molecular complexity index is 779. The van der Waals surface area contributed by atoms with Gasteiger partial charge in [-0.05, 0) is 24.3 Å². The molecule has 0 unspecified atom stereocenters. The second kappa shape index (κ2) is 7.15. The number of aromatic nitrogens is 2. The van der Waals surface area contributed by atoms with E-state index in [1.165, 1.54) is 12.4 Å². The number of esters is 2. The third-order valence-corrected chi connectivity index (χ3v) is 2.99. The first-order chi connectivity index (χ1) is 11.7. The van der Waals surface area contributed by atoms with E-state index in [0.29, 0.717) is 11.5 Å². The molecule has 0 bridgehead atoms. The summed E-state index contributed by atoms with van der Waals surface area (Å²) in [6.45, 7) is 0. The van der Waals surface area contributed by atoms with Crippen LogP contribution in [0.25, 0.3) is 0 Å². The van der Waals surface area contributed by atoms with Gasteiger partial charge in [-0.25, -0.2) is 19.6 Å². The van der Waals surface area contributed by atoms with Crippen LogP contribution in [0.15, 0.2) is 73.1 Å². The van der Waals surface area contributed by atoms with Crippen molar-refractivity contribution in [2.24, 2.45) is 0 Å². The number of benzene rings is 2. The molecule has 3 aromatic rings. The smallest absolute Gasteiger partial charge is 0.364 e. The number of rotatable bonds is 4. The largest absolute Gasteiger partial charge is 0.422 e. The molecule has 3 rings (SSSR count). The lowest BCUT2D eigenvalue weighted by atomic mass is 10.3. The molecule has 0 saturated heterocycles. The molecule has 0 radical (unpaired) electrons. The highest BCUT2D eigenvalue weighted by Crippen LogP contribution is 2.15. The summed E-state index contributed by atoms with van der Waals surface area (Å²) in [5.74, 6) is -0.880. The number of carbonyl (C=O) groups is 2. The van der Waals surface area contributed by atoms with Crippen LogP contribution in [0.1, 0.15) is 21.0 Å². The Hall–Kier alpha value is -3.54. The van der Waals surface area contributed by atoms with Gasteiger partial charge in [0.2, 0.25) is 0 Å². The van der Waals surface area contributed by atoms with Crippen molar-refractivity contribution in [2.45, 2.75) is 0 Å². The first-order valence-corrected chi connectivity index (χ1v) is 7.09. The Labute approximate surface area is 137 Å². The van der Waals surface area contributed by atoms with Crippen LogP contribution < -0.4 is 9.47 Å². The zero-order chi connectivity index (χ0) is 16.8. The van der Waals surface area contributed by atoms with Gasteiger partial charge < -0.3 is 9.47 Å². The second-order valence-corrected chi connectivity index (χ2v) is 4.66. The van der Waals surface area contributed by atoms with E-state index >= 15 is 0 Å². The highest BCUT2D eigenvalue weighted by Gasteiger charge is 2.23. The minimum Gasteiger partial charge on any atom is -0.422 e. The van der Waals surface area contributed by atoms with Crippen LogP contribution in [0.5, 0.6) is 11.5 Å². The van der Waals surface area contributed by atoms with Gasteiger partial charge in [0.15, 0.2) is 11.4 Å². The van der Waals surface area contributed by atoms with Gasteiger partial charge in [0.1, 0.15) is 11.5 Å². The zero-order valence-corrected chi connectivity index (χ0v) is 12.5. The number of ether oxygens (including phenoxy) is 2. The van der Waals surface area contributed by atoms with Gasteiger partial charge in [-0.15, -0.1) is 0 Å². The van der Waals surface area contributed by atoms with Crippen molar-refractivity contribution >= 4 is 11.9 Å². The summed E-state index contributed by atoms with van der Waals surface area (Å²) in [6.07, 6.45) is 2.61. The SMILES string of the molecule is O=C(Oc1ccccc1)c1nccnc1C(=O)Oc1ccccc1. The van der Waals surface area contributed by atoms with Crippen LogP contribution in [0.4, 0.5) is 0 Å². The summed E-state index contributed by atoms with van der Waals surface area (Å²) >= 11 is 0. The molecular formula is C18H12N2O4. The molecule has 0 spiro atoms. The Morgan fingerprint density at radius 1 is 0.625 bits per heavy atom. The molecule has 1 aromatic heterocycles. The summed E-state index contributed by atoms with van der Waals surface area (Å²) in [5, 5.41) is 0. The van der Waals surface area contributed by atoms with Crippen LogP contribution in [-0.4, -0.2) is 21.9 Å². The van der Waals surface area contributed by atoms with E-state index in [-0.39, 0.29) is 11.4 Å². The van der Waals surface area contributed by atoms with Crippen molar-refractivity contribution < 1.29 is 19.1 Å². The first kappa shape index (κ1) is 15.4. The Balaban J connectivity index is 1.82. The normalized spacial score (nSPS) is 10.0. The van der Waals surface area contributed by atoms with Gasteiger partial charge >= 0.3 is 11.9 Å². The van der Waals surface area contributed by atoms with E-state index in [0.717, 1.165) is 0 Å². The maximum absolute atomic E-state index is 12.3. The third kappa shape index (κ3) is 3.61. The lowest BCUT2D eigenvalue weighted by Crippen LogP contribution is -2.20. The minimum absolute atomic E-state index is 0.206. The van der Waals surface area contributed by atoms with E-state index in [1.807, 2.05) is 0 Å².